The Hall–Kier alpha value is -2.34. The second-order valence-corrected chi connectivity index (χ2v) is 5.14. The highest BCUT2D eigenvalue weighted by molar-refractivity contribution is 6.04. The normalized spacial score (nSPS) is 16.7. The molecule has 1 aromatic carbocycles. The number of rotatable bonds is 5. The number of hydrogen-bond donors (Lipinski definition) is 2. The van der Waals surface area contributed by atoms with Crippen LogP contribution in [0.4, 0.5) is 11.4 Å². The first-order valence-electron chi connectivity index (χ1n) is 6.87. The molecule has 6 nitrogen and oxygen atoms in total. The molecule has 110 valence electrons. The van der Waals surface area contributed by atoms with Gasteiger partial charge in [0, 0.05) is 24.6 Å². The van der Waals surface area contributed by atoms with Crippen LogP contribution in [0, 0.1) is 6.92 Å². The van der Waals surface area contributed by atoms with Crippen LogP contribution in [0.1, 0.15) is 17.2 Å². The van der Waals surface area contributed by atoms with Crippen LogP contribution in [0.5, 0.6) is 0 Å². The van der Waals surface area contributed by atoms with Gasteiger partial charge in [-0.2, -0.15) is 5.10 Å². The number of methoxy groups -OCH3 is 1. The smallest absolute Gasteiger partial charge is 0.251 e. The van der Waals surface area contributed by atoms with Gasteiger partial charge in [-0.15, -0.1) is 0 Å². The van der Waals surface area contributed by atoms with Crippen molar-refractivity contribution in [2.24, 2.45) is 0 Å². The van der Waals surface area contributed by atoms with Gasteiger partial charge in [0.25, 0.3) is 5.91 Å². The van der Waals surface area contributed by atoms with Crippen LogP contribution < -0.4 is 10.6 Å². The topological polar surface area (TPSA) is 68.2 Å². The molecule has 1 aliphatic heterocycles. The third-order valence-electron chi connectivity index (χ3n) is 3.51. The zero-order valence-electron chi connectivity index (χ0n) is 12.1. The lowest BCUT2D eigenvalue weighted by atomic mass is 10.1. The van der Waals surface area contributed by atoms with Crippen LogP contribution in [-0.4, -0.2) is 29.4 Å². The molecule has 2 heterocycles. The van der Waals surface area contributed by atoms with Crippen molar-refractivity contribution in [1.82, 2.24) is 9.78 Å². The summed E-state index contributed by atoms with van der Waals surface area (Å²) in [6.45, 7) is 3.31. The average Bonchev–Trinajstić information content (AvgIpc) is 3.03. The van der Waals surface area contributed by atoms with E-state index in [1.807, 2.05) is 31.3 Å². The first-order chi connectivity index (χ1) is 10.2. The quantitative estimate of drug-likeness (QED) is 0.881. The van der Waals surface area contributed by atoms with Gasteiger partial charge in [-0.1, -0.05) is 17.7 Å². The van der Waals surface area contributed by atoms with Crippen LogP contribution >= 0.6 is 0 Å². The molecular weight excluding hydrogens is 268 g/mol. The summed E-state index contributed by atoms with van der Waals surface area (Å²) < 4.78 is 6.81. The molecule has 0 saturated carbocycles. The molecule has 1 unspecified atom stereocenters. The predicted molar refractivity (Wildman–Crippen MR) is 80.3 cm³/mol. The summed E-state index contributed by atoms with van der Waals surface area (Å²) >= 11 is 0. The Morgan fingerprint density at radius 2 is 2.33 bits per heavy atom. The van der Waals surface area contributed by atoms with E-state index in [1.165, 1.54) is 0 Å². The monoisotopic (exact) mass is 286 g/mol. The van der Waals surface area contributed by atoms with Gasteiger partial charge in [-0.25, -0.2) is 0 Å². The number of carbonyl (C=O) groups excluding carboxylic acids is 1. The Bertz CT molecular complexity index is 665. The Kier molecular flexibility index (Phi) is 3.62. The molecule has 21 heavy (non-hydrogen) atoms. The van der Waals surface area contributed by atoms with Crippen LogP contribution in [0.3, 0.4) is 0 Å². The maximum atomic E-state index is 12.1. The van der Waals surface area contributed by atoms with Gasteiger partial charge in [-0.05, 0) is 13.0 Å². The molecule has 0 bridgehead atoms. The second kappa shape index (κ2) is 5.57. The van der Waals surface area contributed by atoms with Crippen molar-refractivity contribution in [2.45, 2.75) is 19.5 Å². The number of benzene rings is 1. The molecule has 2 N–H and O–H groups in total. The highest BCUT2D eigenvalue weighted by atomic mass is 16.5. The van der Waals surface area contributed by atoms with Gasteiger partial charge in [0.2, 0.25) is 0 Å². The summed E-state index contributed by atoms with van der Waals surface area (Å²) in [6.07, 6.45) is 3.59. The molecule has 0 radical (unpaired) electrons. The molecule has 0 aliphatic carbocycles. The largest absolute Gasteiger partial charge is 0.383 e. The number of anilines is 2. The van der Waals surface area contributed by atoms with E-state index < -0.39 is 0 Å². The van der Waals surface area contributed by atoms with E-state index in [0.29, 0.717) is 13.2 Å². The first kappa shape index (κ1) is 13.6. The molecular formula is C15H18N4O2. The van der Waals surface area contributed by atoms with E-state index in [0.717, 1.165) is 22.5 Å². The van der Waals surface area contributed by atoms with Crippen LogP contribution in [-0.2, 0) is 16.1 Å². The van der Waals surface area contributed by atoms with E-state index in [2.05, 4.69) is 15.7 Å². The molecule has 0 spiro atoms. The lowest BCUT2D eigenvalue weighted by Crippen LogP contribution is -2.19. The number of nitrogens with one attached hydrogen (secondary N) is 2. The van der Waals surface area contributed by atoms with Crippen molar-refractivity contribution >= 4 is 17.3 Å². The van der Waals surface area contributed by atoms with Crippen LogP contribution in [0.15, 0.2) is 30.6 Å². The Labute approximate surface area is 123 Å². The molecule has 3 rings (SSSR count). The molecule has 2 aromatic rings. The van der Waals surface area contributed by atoms with E-state index in [1.54, 1.807) is 18.0 Å². The summed E-state index contributed by atoms with van der Waals surface area (Å²) in [5, 5.41) is 10.4. The highest BCUT2D eigenvalue weighted by Gasteiger charge is 2.30. The molecule has 0 fully saturated rings. The summed E-state index contributed by atoms with van der Waals surface area (Å²) in [5.74, 6) is -0.0414. The van der Waals surface area contributed by atoms with Gasteiger partial charge < -0.3 is 15.4 Å². The third kappa shape index (κ3) is 2.75. The molecule has 0 saturated heterocycles. The number of ether oxygens (including phenoxy) is 1. The number of fused-ring (bicyclic) bond motifs is 1. The van der Waals surface area contributed by atoms with E-state index in [-0.39, 0.29) is 11.9 Å². The highest BCUT2D eigenvalue weighted by Crippen LogP contribution is 2.33. The van der Waals surface area contributed by atoms with Gasteiger partial charge in [0.1, 0.15) is 6.04 Å². The maximum Gasteiger partial charge on any atom is 0.251 e. The minimum atomic E-state index is -0.375. The fourth-order valence-electron chi connectivity index (χ4n) is 2.44. The minimum Gasteiger partial charge on any atom is -0.383 e. The van der Waals surface area contributed by atoms with Crippen molar-refractivity contribution < 1.29 is 9.53 Å². The zero-order valence-corrected chi connectivity index (χ0v) is 12.1. The average molecular weight is 286 g/mol. The lowest BCUT2D eigenvalue weighted by molar-refractivity contribution is -0.116. The standard InChI is InChI=1S/C15H18N4O2/c1-10-3-4-13-12(7-10)14(15(20)18-13)17-11-8-16-19(9-11)5-6-21-2/h3-4,7-9,14,17H,5-6H2,1-2H3,(H,18,20). The van der Waals surface area contributed by atoms with Crippen LogP contribution in [0.2, 0.25) is 0 Å². The lowest BCUT2D eigenvalue weighted by Gasteiger charge is -2.11. The Balaban J connectivity index is 1.77. The molecule has 1 atom stereocenters. The predicted octanol–water partition coefficient (Wildman–Crippen LogP) is 1.94. The number of amides is 1. The fraction of sp³-hybridized carbons (Fsp3) is 0.333. The van der Waals surface area contributed by atoms with Gasteiger partial charge >= 0.3 is 0 Å². The van der Waals surface area contributed by atoms with Gasteiger partial charge in [-0.3, -0.25) is 9.48 Å². The Morgan fingerprint density at radius 1 is 1.48 bits per heavy atom. The number of aryl methyl sites for hydroxylation is 1. The molecule has 6 heteroatoms. The van der Waals surface area contributed by atoms with Crippen molar-refractivity contribution in [1.29, 1.82) is 0 Å². The number of nitrogens with zero attached hydrogens (tertiary/aromatic N) is 2. The van der Waals surface area contributed by atoms with Crippen LogP contribution in [0.25, 0.3) is 0 Å². The Morgan fingerprint density at radius 3 is 3.14 bits per heavy atom. The molecule has 1 amide bonds. The van der Waals surface area contributed by atoms with Crippen molar-refractivity contribution in [3.05, 3.63) is 41.7 Å². The van der Waals surface area contributed by atoms with E-state index in [4.69, 9.17) is 4.74 Å². The number of carbonyl (C=O) groups is 1. The summed E-state index contributed by atoms with van der Waals surface area (Å²) in [4.78, 5) is 12.1. The van der Waals surface area contributed by atoms with Gasteiger partial charge in [0.15, 0.2) is 0 Å². The first-order valence-corrected chi connectivity index (χ1v) is 6.87. The summed E-state index contributed by atoms with van der Waals surface area (Å²) in [5.41, 5.74) is 3.80. The fourth-order valence-corrected chi connectivity index (χ4v) is 2.44. The summed E-state index contributed by atoms with van der Waals surface area (Å²) in [6, 6.07) is 5.58. The van der Waals surface area contributed by atoms with Crippen molar-refractivity contribution in [2.75, 3.05) is 24.4 Å². The third-order valence-corrected chi connectivity index (χ3v) is 3.51. The van der Waals surface area contributed by atoms with Crippen molar-refractivity contribution in [3.8, 4) is 0 Å². The second-order valence-electron chi connectivity index (χ2n) is 5.14. The maximum absolute atomic E-state index is 12.1. The van der Waals surface area contributed by atoms with Crippen molar-refractivity contribution in [3.63, 3.8) is 0 Å². The number of aromatic nitrogens is 2. The SMILES string of the molecule is COCCn1cc(NC2C(=O)Nc3ccc(C)cc32)cn1. The zero-order chi connectivity index (χ0) is 14.8. The van der Waals surface area contributed by atoms with E-state index >= 15 is 0 Å². The van der Waals surface area contributed by atoms with Gasteiger partial charge in [0.05, 0.1) is 25.0 Å². The number of hydrogen-bond acceptors (Lipinski definition) is 4. The summed E-state index contributed by atoms with van der Waals surface area (Å²) in [7, 11) is 1.66. The molecule has 1 aliphatic rings. The molecule has 1 aromatic heterocycles. The minimum absolute atomic E-state index is 0.0414. The van der Waals surface area contributed by atoms with E-state index in [9.17, 15) is 4.79 Å².